The van der Waals surface area contributed by atoms with Crippen LogP contribution < -0.4 is 0 Å². The lowest BCUT2D eigenvalue weighted by molar-refractivity contribution is -0.165. The van der Waals surface area contributed by atoms with E-state index < -0.39 is 17.9 Å². The minimum absolute atomic E-state index is 0.0324. The Kier molecular flexibility index (Phi) is 7.63. The highest BCUT2D eigenvalue weighted by molar-refractivity contribution is 5.88. The summed E-state index contributed by atoms with van der Waals surface area (Å²) in [6, 6.07) is 0. The predicted octanol–water partition coefficient (Wildman–Crippen LogP) is 1.56. The minimum atomic E-state index is -0.839. The Hall–Kier alpha value is -1.72. The first-order valence-corrected chi connectivity index (χ1v) is 6.15. The zero-order valence-corrected chi connectivity index (χ0v) is 11.5. The lowest BCUT2D eigenvalue weighted by Crippen LogP contribution is -2.23. The fourth-order valence-electron chi connectivity index (χ4n) is 1.71. The molecule has 1 fully saturated rings. The molecule has 1 aliphatic heterocycles. The standard InChI is InChI=1S/C7H12O3.C6H8O3/c1-5(3-6(2)8)4-7(9)10;1-4-2-5(7)9-6(8)3-4/h5H,3-4H2,1-2H3,(H,9,10);4H,2-3H2,1H3. The number of Topliss-reactive ketones (excluding diaryl/α,β-unsaturated/α-hetero) is 1. The van der Waals surface area contributed by atoms with E-state index >= 15 is 0 Å². The zero-order chi connectivity index (χ0) is 15.0. The van der Waals surface area contributed by atoms with Crippen molar-refractivity contribution in [2.24, 2.45) is 11.8 Å². The molecule has 1 saturated heterocycles. The van der Waals surface area contributed by atoms with Crippen molar-refractivity contribution in [3.05, 3.63) is 0 Å². The summed E-state index contributed by atoms with van der Waals surface area (Å²) in [4.78, 5) is 41.4. The Morgan fingerprint density at radius 2 is 1.74 bits per heavy atom. The molecule has 108 valence electrons. The molecule has 6 heteroatoms. The molecule has 0 amide bonds. The van der Waals surface area contributed by atoms with Crippen molar-refractivity contribution in [3.8, 4) is 0 Å². The second-order valence-corrected chi connectivity index (χ2v) is 4.97. The highest BCUT2D eigenvalue weighted by Crippen LogP contribution is 2.14. The monoisotopic (exact) mass is 272 g/mol. The maximum Gasteiger partial charge on any atom is 0.313 e. The number of carboxylic acids is 1. The Bertz CT molecular complexity index is 328. The molecule has 0 saturated carbocycles. The van der Waals surface area contributed by atoms with E-state index in [0.29, 0.717) is 19.3 Å². The van der Waals surface area contributed by atoms with Gasteiger partial charge in [0.25, 0.3) is 0 Å². The van der Waals surface area contributed by atoms with Crippen molar-refractivity contribution in [1.29, 1.82) is 0 Å². The van der Waals surface area contributed by atoms with Crippen LogP contribution in [0.15, 0.2) is 0 Å². The van der Waals surface area contributed by atoms with E-state index in [2.05, 4.69) is 4.74 Å². The average molecular weight is 272 g/mol. The SMILES string of the molecule is CC(=O)CC(C)CC(=O)O.CC1CC(=O)OC(=O)C1. The molecule has 0 aromatic carbocycles. The van der Waals surface area contributed by atoms with E-state index in [0.717, 1.165) is 0 Å². The second kappa shape index (κ2) is 8.39. The second-order valence-electron chi connectivity index (χ2n) is 4.97. The summed E-state index contributed by atoms with van der Waals surface area (Å²) < 4.78 is 4.28. The van der Waals surface area contributed by atoms with Crippen molar-refractivity contribution < 1.29 is 29.0 Å². The van der Waals surface area contributed by atoms with Crippen LogP contribution in [0.1, 0.15) is 46.5 Å². The van der Waals surface area contributed by atoms with Crippen LogP contribution >= 0.6 is 0 Å². The topological polar surface area (TPSA) is 97.7 Å². The van der Waals surface area contributed by atoms with Crippen LogP contribution in [0.4, 0.5) is 0 Å². The molecule has 1 N–H and O–H groups in total. The van der Waals surface area contributed by atoms with Gasteiger partial charge in [0, 0.05) is 25.7 Å². The van der Waals surface area contributed by atoms with Gasteiger partial charge in [-0.2, -0.15) is 0 Å². The maximum atomic E-state index is 10.4. The van der Waals surface area contributed by atoms with Gasteiger partial charge in [-0.15, -0.1) is 0 Å². The van der Waals surface area contributed by atoms with E-state index in [-0.39, 0.29) is 24.0 Å². The average Bonchev–Trinajstić information content (AvgIpc) is 2.12. The molecule has 0 radical (unpaired) electrons. The third-order valence-corrected chi connectivity index (χ3v) is 2.42. The first kappa shape index (κ1) is 17.3. The maximum absolute atomic E-state index is 10.4. The molecule has 1 atom stereocenters. The molecule has 1 rings (SSSR count). The normalized spacial score (nSPS) is 17.0. The third kappa shape index (κ3) is 9.93. The first-order valence-electron chi connectivity index (χ1n) is 6.15. The molecule has 0 bridgehead atoms. The molecule has 1 heterocycles. The number of aliphatic carboxylic acids is 1. The number of esters is 2. The number of hydrogen-bond acceptors (Lipinski definition) is 5. The lowest BCUT2D eigenvalue weighted by atomic mass is 10.0. The van der Waals surface area contributed by atoms with Crippen LogP contribution in [0, 0.1) is 11.8 Å². The molecular formula is C13H20O6. The van der Waals surface area contributed by atoms with Crippen LogP contribution in [0.5, 0.6) is 0 Å². The zero-order valence-electron chi connectivity index (χ0n) is 11.5. The molecule has 6 nitrogen and oxygen atoms in total. The largest absolute Gasteiger partial charge is 0.481 e. The van der Waals surface area contributed by atoms with Crippen molar-refractivity contribution in [3.63, 3.8) is 0 Å². The summed E-state index contributed by atoms with van der Waals surface area (Å²) in [6.45, 7) is 5.09. The fourth-order valence-corrected chi connectivity index (χ4v) is 1.71. The van der Waals surface area contributed by atoms with Gasteiger partial charge in [-0.25, -0.2) is 0 Å². The summed E-state index contributed by atoms with van der Waals surface area (Å²) in [7, 11) is 0. The first-order chi connectivity index (χ1) is 8.70. The van der Waals surface area contributed by atoms with Crippen LogP contribution in [-0.2, 0) is 23.9 Å². The van der Waals surface area contributed by atoms with E-state index in [9.17, 15) is 19.2 Å². The van der Waals surface area contributed by atoms with Gasteiger partial charge in [0.05, 0.1) is 0 Å². The lowest BCUT2D eigenvalue weighted by Gasteiger charge is -2.14. The van der Waals surface area contributed by atoms with Gasteiger partial charge in [0.15, 0.2) is 0 Å². The van der Waals surface area contributed by atoms with E-state index in [1.807, 2.05) is 6.92 Å². The summed E-state index contributed by atoms with van der Waals surface area (Å²) >= 11 is 0. The molecule has 1 aliphatic rings. The molecule has 0 aromatic heterocycles. The van der Waals surface area contributed by atoms with E-state index in [1.165, 1.54) is 6.92 Å². The highest BCUT2D eigenvalue weighted by atomic mass is 16.6. The van der Waals surface area contributed by atoms with Crippen molar-refractivity contribution in [1.82, 2.24) is 0 Å². The molecule has 0 aromatic rings. The third-order valence-electron chi connectivity index (χ3n) is 2.42. The van der Waals surface area contributed by atoms with Crippen LogP contribution in [0.3, 0.4) is 0 Å². The minimum Gasteiger partial charge on any atom is -0.481 e. The Balaban J connectivity index is 0.000000342. The predicted molar refractivity (Wildman–Crippen MR) is 66.2 cm³/mol. The molecule has 0 aliphatic carbocycles. The van der Waals surface area contributed by atoms with Gasteiger partial charge in [0.2, 0.25) is 0 Å². The number of carbonyl (C=O) groups is 4. The van der Waals surface area contributed by atoms with Crippen molar-refractivity contribution in [2.75, 3.05) is 0 Å². The number of rotatable bonds is 4. The van der Waals surface area contributed by atoms with Gasteiger partial charge >= 0.3 is 17.9 Å². The van der Waals surface area contributed by atoms with Crippen LogP contribution in [0.2, 0.25) is 0 Å². The molecular weight excluding hydrogens is 252 g/mol. The summed E-state index contributed by atoms with van der Waals surface area (Å²) in [5.41, 5.74) is 0. The number of hydrogen-bond donors (Lipinski definition) is 1. The Labute approximate surface area is 112 Å². The Morgan fingerprint density at radius 3 is 2.05 bits per heavy atom. The highest BCUT2D eigenvalue weighted by Gasteiger charge is 2.23. The number of carboxylic acid groups (broad SMARTS) is 1. The van der Waals surface area contributed by atoms with Gasteiger partial charge in [-0.05, 0) is 18.8 Å². The summed E-state index contributed by atoms with van der Waals surface area (Å²) in [5, 5.41) is 8.29. The van der Waals surface area contributed by atoms with Crippen molar-refractivity contribution in [2.45, 2.75) is 46.5 Å². The molecule has 1 unspecified atom stereocenters. The van der Waals surface area contributed by atoms with E-state index in [4.69, 9.17) is 5.11 Å². The number of ketones is 1. The summed E-state index contributed by atoms with van der Waals surface area (Å²) in [5.74, 6) is -1.44. The van der Waals surface area contributed by atoms with Crippen LogP contribution in [0.25, 0.3) is 0 Å². The smallest absolute Gasteiger partial charge is 0.313 e. The molecule has 0 spiro atoms. The van der Waals surface area contributed by atoms with Crippen molar-refractivity contribution >= 4 is 23.7 Å². The Morgan fingerprint density at radius 1 is 1.26 bits per heavy atom. The van der Waals surface area contributed by atoms with Gasteiger partial charge in [0.1, 0.15) is 5.78 Å². The molecule has 19 heavy (non-hydrogen) atoms. The number of ether oxygens (including phenoxy) is 1. The van der Waals surface area contributed by atoms with E-state index in [1.54, 1.807) is 6.92 Å². The van der Waals surface area contributed by atoms with Gasteiger partial charge in [-0.3, -0.25) is 14.4 Å². The number of carbonyl (C=O) groups excluding carboxylic acids is 3. The fraction of sp³-hybridized carbons (Fsp3) is 0.692. The van der Waals surface area contributed by atoms with Crippen LogP contribution in [-0.4, -0.2) is 28.8 Å². The van der Waals surface area contributed by atoms with Gasteiger partial charge < -0.3 is 14.6 Å². The quantitative estimate of drug-likeness (QED) is 0.616. The summed E-state index contributed by atoms with van der Waals surface area (Å²) in [6.07, 6.45) is 1.21. The number of cyclic esters (lactones) is 2. The van der Waals surface area contributed by atoms with Gasteiger partial charge in [-0.1, -0.05) is 13.8 Å².